The summed E-state index contributed by atoms with van der Waals surface area (Å²) in [6, 6.07) is 67.8. The molecule has 0 N–H and O–H groups in total. The lowest BCUT2D eigenvalue weighted by Crippen LogP contribution is -2.16. The molecule has 0 atom stereocenters. The third-order valence-electron chi connectivity index (χ3n) is 12.0. The molecule has 0 heteroatoms. The highest BCUT2D eigenvalue weighted by Crippen LogP contribution is 2.54. The minimum Gasteiger partial charge on any atom is -0.0616 e. The Balaban J connectivity index is 1.11. The number of rotatable bonds is 3. The number of benzene rings is 10. The standard InChI is InChI=1S/C53H36/c1-53(2)48-31-30-33-14-3-6-17-38(33)51(48)46-25-13-24-39(52(46)53)34-26-28-35(29-27-34)49-42-20-9-11-22-44(42)50(45-23-12-10-21-43(45)49)47-32-36-15-4-5-16-37(36)40-18-7-8-19-41(40)47/h3-32H,1-2H3. The summed E-state index contributed by atoms with van der Waals surface area (Å²) in [4.78, 5) is 0. The predicted molar refractivity (Wildman–Crippen MR) is 228 cm³/mol. The predicted octanol–water partition coefficient (Wildman–Crippen LogP) is 14.8. The Labute approximate surface area is 309 Å². The van der Waals surface area contributed by atoms with E-state index in [2.05, 4.69) is 196 Å². The Bertz CT molecular complexity index is 3060. The van der Waals surface area contributed by atoms with Crippen molar-refractivity contribution in [1.82, 2.24) is 0 Å². The van der Waals surface area contributed by atoms with E-state index in [1.54, 1.807) is 0 Å². The van der Waals surface area contributed by atoms with Crippen LogP contribution in [0.25, 0.3) is 98.4 Å². The molecule has 0 spiro atoms. The van der Waals surface area contributed by atoms with Gasteiger partial charge in [0.2, 0.25) is 0 Å². The lowest BCUT2D eigenvalue weighted by Gasteiger charge is -2.25. The van der Waals surface area contributed by atoms with Gasteiger partial charge in [0, 0.05) is 5.41 Å². The zero-order valence-corrected chi connectivity index (χ0v) is 29.8. The molecule has 0 saturated carbocycles. The fourth-order valence-electron chi connectivity index (χ4n) is 9.70. The molecule has 0 heterocycles. The van der Waals surface area contributed by atoms with Gasteiger partial charge in [0.1, 0.15) is 0 Å². The van der Waals surface area contributed by atoms with E-state index >= 15 is 0 Å². The Kier molecular flexibility index (Phi) is 6.40. The Morgan fingerprint density at radius 3 is 1.49 bits per heavy atom. The van der Waals surface area contributed by atoms with E-state index in [9.17, 15) is 0 Å². The summed E-state index contributed by atoms with van der Waals surface area (Å²) in [5.74, 6) is 0. The third kappa shape index (κ3) is 4.30. The van der Waals surface area contributed by atoms with E-state index in [1.165, 1.54) is 109 Å². The summed E-state index contributed by atoms with van der Waals surface area (Å²) < 4.78 is 0. The van der Waals surface area contributed by atoms with Gasteiger partial charge in [0.25, 0.3) is 0 Å². The quantitative estimate of drug-likeness (QED) is 0.129. The van der Waals surface area contributed by atoms with Gasteiger partial charge in [-0.2, -0.15) is 0 Å². The van der Waals surface area contributed by atoms with Crippen molar-refractivity contribution in [3.8, 4) is 44.5 Å². The summed E-state index contributed by atoms with van der Waals surface area (Å²) in [5, 5.41) is 12.9. The molecular formula is C53H36. The summed E-state index contributed by atoms with van der Waals surface area (Å²) in [6.07, 6.45) is 0. The van der Waals surface area contributed by atoms with Crippen molar-refractivity contribution < 1.29 is 0 Å². The molecule has 0 fully saturated rings. The van der Waals surface area contributed by atoms with Crippen LogP contribution in [0.2, 0.25) is 0 Å². The minimum atomic E-state index is -0.112. The number of fused-ring (bicyclic) bond motifs is 10. The first kappa shape index (κ1) is 30.2. The second-order valence-corrected chi connectivity index (χ2v) is 15.2. The van der Waals surface area contributed by atoms with Crippen molar-refractivity contribution in [3.63, 3.8) is 0 Å². The maximum absolute atomic E-state index is 2.40. The molecule has 0 amide bonds. The average molecular weight is 673 g/mol. The molecule has 0 saturated heterocycles. The van der Waals surface area contributed by atoms with E-state index < -0.39 is 0 Å². The maximum atomic E-state index is 2.40. The van der Waals surface area contributed by atoms with Crippen molar-refractivity contribution in [2.24, 2.45) is 0 Å². The minimum absolute atomic E-state index is 0.112. The summed E-state index contributed by atoms with van der Waals surface area (Å²) >= 11 is 0. The first-order chi connectivity index (χ1) is 26.1. The zero-order chi connectivity index (χ0) is 35.3. The van der Waals surface area contributed by atoms with Gasteiger partial charge in [-0.15, -0.1) is 0 Å². The largest absolute Gasteiger partial charge is 0.0616 e. The maximum Gasteiger partial charge on any atom is 0.0165 e. The van der Waals surface area contributed by atoms with Crippen LogP contribution in [0.3, 0.4) is 0 Å². The second kappa shape index (κ2) is 11.2. The lowest BCUT2D eigenvalue weighted by molar-refractivity contribution is 0.662. The van der Waals surface area contributed by atoms with Crippen LogP contribution in [-0.4, -0.2) is 0 Å². The van der Waals surface area contributed by atoms with Crippen LogP contribution in [0.15, 0.2) is 182 Å². The van der Waals surface area contributed by atoms with E-state index in [0.29, 0.717) is 0 Å². The smallest absolute Gasteiger partial charge is 0.0165 e. The molecule has 1 aliphatic rings. The molecule has 0 radical (unpaired) electrons. The van der Waals surface area contributed by atoms with Gasteiger partial charge in [-0.25, -0.2) is 0 Å². The highest BCUT2D eigenvalue weighted by molar-refractivity contribution is 6.25. The van der Waals surface area contributed by atoms with Gasteiger partial charge >= 0.3 is 0 Å². The highest BCUT2D eigenvalue weighted by Gasteiger charge is 2.38. The third-order valence-corrected chi connectivity index (χ3v) is 12.0. The molecule has 1 aliphatic carbocycles. The first-order valence-electron chi connectivity index (χ1n) is 18.7. The van der Waals surface area contributed by atoms with Crippen LogP contribution in [0, 0.1) is 0 Å². The van der Waals surface area contributed by atoms with E-state index in [-0.39, 0.29) is 5.41 Å². The van der Waals surface area contributed by atoms with Crippen LogP contribution in [-0.2, 0) is 5.41 Å². The van der Waals surface area contributed by atoms with Gasteiger partial charge in [-0.05, 0) is 116 Å². The molecule has 0 unspecified atom stereocenters. The monoisotopic (exact) mass is 672 g/mol. The Morgan fingerprint density at radius 1 is 0.302 bits per heavy atom. The van der Waals surface area contributed by atoms with E-state index in [0.717, 1.165) is 0 Å². The van der Waals surface area contributed by atoms with Gasteiger partial charge < -0.3 is 0 Å². The van der Waals surface area contributed by atoms with Crippen molar-refractivity contribution in [1.29, 1.82) is 0 Å². The summed E-state index contributed by atoms with van der Waals surface area (Å²) in [5.41, 5.74) is 13.1. The van der Waals surface area contributed by atoms with Crippen molar-refractivity contribution in [3.05, 3.63) is 193 Å². The van der Waals surface area contributed by atoms with Crippen LogP contribution in [0.1, 0.15) is 25.0 Å². The number of hydrogen-bond donors (Lipinski definition) is 0. The number of hydrogen-bond acceptors (Lipinski definition) is 0. The van der Waals surface area contributed by atoms with Gasteiger partial charge in [0.05, 0.1) is 0 Å². The summed E-state index contributed by atoms with van der Waals surface area (Å²) in [7, 11) is 0. The molecule has 53 heavy (non-hydrogen) atoms. The van der Waals surface area contributed by atoms with Gasteiger partial charge in [-0.3, -0.25) is 0 Å². The Morgan fingerprint density at radius 2 is 0.811 bits per heavy atom. The SMILES string of the molecule is CC1(C)c2ccc3ccccc3c2-c2cccc(-c3ccc(-c4c5ccccc5c(-c5cc6ccccc6c6ccccc56)c5ccccc45)cc3)c21. The van der Waals surface area contributed by atoms with Crippen LogP contribution in [0.4, 0.5) is 0 Å². The molecule has 10 aromatic rings. The van der Waals surface area contributed by atoms with Crippen molar-refractivity contribution >= 4 is 53.9 Å². The molecule has 0 aromatic heterocycles. The second-order valence-electron chi connectivity index (χ2n) is 15.2. The van der Waals surface area contributed by atoms with E-state index in [1.807, 2.05) is 0 Å². The molecule has 11 rings (SSSR count). The fraction of sp³-hybridized carbons (Fsp3) is 0.0566. The molecular weight excluding hydrogens is 637 g/mol. The molecule has 0 bridgehead atoms. The highest BCUT2D eigenvalue weighted by atomic mass is 14.4. The van der Waals surface area contributed by atoms with Crippen LogP contribution >= 0.6 is 0 Å². The van der Waals surface area contributed by atoms with Gasteiger partial charge in [0.15, 0.2) is 0 Å². The average Bonchev–Trinajstić information content (AvgIpc) is 3.46. The van der Waals surface area contributed by atoms with Crippen molar-refractivity contribution in [2.45, 2.75) is 19.3 Å². The zero-order valence-electron chi connectivity index (χ0n) is 29.8. The summed E-state index contributed by atoms with van der Waals surface area (Å²) in [6.45, 7) is 4.78. The molecule has 248 valence electrons. The lowest BCUT2D eigenvalue weighted by atomic mass is 9.78. The Hall–Kier alpha value is -6.50. The van der Waals surface area contributed by atoms with Crippen LogP contribution < -0.4 is 0 Å². The van der Waals surface area contributed by atoms with Gasteiger partial charge in [-0.1, -0.05) is 190 Å². The van der Waals surface area contributed by atoms with Crippen molar-refractivity contribution in [2.75, 3.05) is 0 Å². The fourth-order valence-corrected chi connectivity index (χ4v) is 9.70. The topological polar surface area (TPSA) is 0 Å². The normalized spacial score (nSPS) is 13.2. The molecule has 10 aromatic carbocycles. The first-order valence-corrected chi connectivity index (χ1v) is 18.7. The molecule has 0 aliphatic heterocycles. The van der Waals surface area contributed by atoms with E-state index in [4.69, 9.17) is 0 Å². The van der Waals surface area contributed by atoms with Crippen LogP contribution in [0.5, 0.6) is 0 Å². The molecule has 0 nitrogen and oxygen atoms in total.